The Labute approximate surface area is 151 Å². The van der Waals surface area contributed by atoms with Gasteiger partial charge in [0.1, 0.15) is 5.75 Å². The molecule has 0 bridgehead atoms. The van der Waals surface area contributed by atoms with Crippen LogP contribution in [0.5, 0.6) is 5.75 Å². The van der Waals surface area contributed by atoms with Crippen LogP contribution in [0.3, 0.4) is 0 Å². The van der Waals surface area contributed by atoms with E-state index in [1.165, 1.54) is 11.6 Å². The van der Waals surface area contributed by atoms with E-state index < -0.39 is 11.8 Å². The fourth-order valence-electron chi connectivity index (χ4n) is 1.96. The van der Waals surface area contributed by atoms with Crippen LogP contribution in [0.2, 0.25) is 5.02 Å². The number of benzene rings is 2. The van der Waals surface area contributed by atoms with Gasteiger partial charge in [-0.2, -0.15) is 0 Å². The first kappa shape index (κ1) is 18.5. The van der Waals surface area contributed by atoms with E-state index in [2.05, 4.69) is 17.8 Å². The lowest BCUT2D eigenvalue weighted by Crippen LogP contribution is -2.43. The summed E-state index contributed by atoms with van der Waals surface area (Å²) in [4.78, 5) is 23.4. The van der Waals surface area contributed by atoms with E-state index in [1.807, 2.05) is 18.2 Å². The highest BCUT2D eigenvalue weighted by molar-refractivity contribution is 6.32. The van der Waals surface area contributed by atoms with E-state index in [0.717, 1.165) is 6.42 Å². The van der Waals surface area contributed by atoms with Gasteiger partial charge in [-0.15, -0.1) is 0 Å². The molecule has 6 heteroatoms. The van der Waals surface area contributed by atoms with Crippen LogP contribution in [0.25, 0.3) is 6.08 Å². The maximum atomic E-state index is 11.7. The van der Waals surface area contributed by atoms with E-state index in [0.29, 0.717) is 16.3 Å². The Bertz CT molecular complexity index is 758. The molecule has 0 heterocycles. The Morgan fingerprint density at radius 1 is 1.08 bits per heavy atom. The number of halogens is 1. The normalized spacial score (nSPS) is 10.5. The summed E-state index contributed by atoms with van der Waals surface area (Å²) >= 11 is 5.98. The minimum atomic E-state index is -0.472. The molecule has 0 atom stereocenters. The van der Waals surface area contributed by atoms with Gasteiger partial charge in [0.2, 0.25) is 0 Å². The summed E-state index contributed by atoms with van der Waals surface area (Å²) < 4.78 is 5.35. The zero-order valence-electron chi connectivity index (χ0n) is 13.8. The van der Waals surface area contributed by atoms with Crippen LogP contribution < -0.4 is 15.6 Å². The van der Waals surface area contributed by atoms with Gasteiger partial charge < -0.3 is 4.74 Å². The Kier molecular flexibility index (Phi) is 7.04. The predicted octanol–water partition coefficient (Wildman–Crippen LogP) is 3.14. The molecule has 0 aliphatic rings. The fraction of sp³-hybridized carbons (Fsp3) is 0.158. The molecule has 0 aliphatic heterocycles. The lowest BCUT2D eigenvalue weighted by atomic mass is 10.2. The van der Waals surface area contributed by atoms with Gasteiger partial charge in [-0.05, 0) is 41.8 Å². The Balaban J connectivity index is 1.73. The number of hydrazine groups is 1. The van der Waals surface area contributed by atoms with Crippen molar-refractivity contribution in [2.45, 2.75) is 13.3 Å². The van der Waals surface area contributed by atoms with Crippen LogP contribution in [0.1, 0.15) is 18.1 Å². The second-order valence-corrected chi connectivity index (χ2v) is 5.59. The third-order valence-electron chi connectivity index (χ3n) is 3.35. The monoisotopic (exact) mass is 358 g/mol. The summed E-state index contributed by atoms with van der Waals surface area (Å²) in [6.45, 7) is 1.87. The van der Waals surface area contributed by atoms with Crippen LogP contribution in [-0.4, -0.2) is 18.4 Å². The van der Waals surface area contributed by atoms with Gasteiger partial charge in [-0.25, -0.2) is 0 Å². The minimum absolute atomic E-state index is 0.194. The third-order valence-corrected chi connectivity index (χ3v) is 3.69. The molecular weight excluding hydrogens is 340 g/mol. The Morgan fingerprint density at radius 2 is 1.80 bits per heavy atom. The molecule has 2 aromatic rings. The number of hydrogen-bond acceptors (Lipinski definition) is 3. The van der Waals surface area contributed by atoms with Gasteiger partial charge in [0.25, 0.3) is 11.8 Å². The van der Waals surface area contributed by atoms with Crippen LogP contribution >= 0.6 is 11.6 Å². The van der Waals surface area contributed by atoms with E-state index >= 15 is 0 Å². The molecule has 25 heavy (non-hydrogen) atoms. The van der Waals surface area contributed by atoms with E-state index in [-0.39, 0.29) is 6.61 Å². The van der Waals surface area contributed by atoms with Crippen molar-refractivity contribution in [3.63, 3.8) is 0 Å². The van der Waals surface area contributed by atoms with Crippen molar-refractivity contribution < 1.29 is 14.3 Å². The maximum absolute atomic E-state index is 11.7. The number of rotatable bonds is 6. The summed E-state index contributed by atoms with van der Waals surface area (Å²) in [5.74, 6) is -0.336. The molecule has 0 radical (unpaired) electrons. The molecule has 130 valence electrons. The number of hydrogen-bond donors (Lipinski definition) is 2. The van der Waals surface area contributed by atoms with Crippen molar-refractivity contribution in [2.24, 2.45) is 0 Å². The molecule has 0 saturated heterocycles. The summed E-state index contributed by atoms with van der Waals surface area (Å²) in [7, 11) is 0. The highest BCUT2D eigenvalue weighted by atomic mass is 35.5. The quantitative estimate of drug-likeness (QED) is 0.615. The zero-order chi connectivity index (χ0) is 18.1. The van der Waals surface area contributed by atoms with Gasteiger partial charge >= 0.3 is 0 Å². The highest BCUT2D eigenvalue weighted by Crippen LogP contribution is 2.16. The SMILES string of the molecule is CCc1ccc(OCC(=O)NNC(=O)/C=C/c2ccccc2Cl)cc1. The standard InChI is InChI=1S/C19H19ClN2O3/c1-2-14-7-10-16(11-8-14)25-13-19(24)22-21-18(23)12-9-15-5-3-4-6-17(15)20/h3-12H,2,13H2,1H3,(H,21,23)(H,22,24)/b12-9+. The van der Waals surface area contributed by atoms with Crippen LogP contribution in [0.4, 0.5) is 0 Å². The van der Waals surface area contributed by atoms with Crippen molar-refractivity contribution in [1.29, 1.82) is 0 Å². The molecule has 0 unspecified atom stereocenters. The molecule has 0 saturated carbocycles. The number of amides is 2. The first-order valence-corrected chi connectivity index (χ1v) is 8.19. The minimum Gasteiger partial charge on any atom is -0.484 e. The maximum Gasteiger partial charge on any atom is 0.276 e. The van der Waals surface area contributed by atoms with Crippen LogP contribution in [0.15, 0.2) is 54.6 Å². The zero-order valence-corrected chi connectivity index (χ0v) is 14.5. The number of nitrogens with one attached hydrogen (secondary N) is 2. The molecular formula is C19H19ClN2O3. The number of carbonyl (C=O) groups is 2. The average Bonchev–Trinajstić information content (AvgIpc) is 2.64. The smallest absolute Gasteiger partial charge is 0.276 e. The second kappa shape index (κ2) is 9.49. The first-order chi connectivity index (χ1) is 12.1. The molecule has 2 N–H and O–H groups in total. The van der Waals surface area contributed by atoms with Crippen molar-refractivity contribution >= 4 is 29.5 Å². The topological polar surface area (TPSA) is 67.4 Å². The van der Waals surface area contributed by atoms with Gasteiger partial charge in [0, 0.05) is 11.1 Å². The molecule has 0 fully saturated rings. The van der Waals surface area contributed by atoms with Gasteiger partial charge in [-0.1, -0.05) is 48.9 Å². The molecule has 2 amide bonds. The lowest BCUT2D eigenvalue weighted by molar-refractivity contribution is -0.128. The first-order valence-electron chi connectivity index (χ1n) is 7.81. The summed E-state index contributed by atoms with van der Waals surface area (Å²) in [6.07, 6.45) is 3.79. The molecule has 0 aromatic heterocycles. The Hall–Kier alpha value is -2.79. The Morgan fingerprint density at radius 3 is 2.48 bits per heavy atom. The third kappa shape index (κ3) is 6.31. The van der Waals surface area contributed by atoms with E-state index in [1.54, 1.807) is 36.4 Å². The van der Waals surface area contributed by atoms with Crippen LogP contribution in [-0.2, 0) is 16.0 Å². The predicted molar refractivity (Wildman–Crippen MR) is 98.1 cm³/mol. The number of aryl methyl sites for hydroxylation is 1. The van der Waals surface area contributed by atoms with Crippen molar-refractivity contribution in [3.05, 3.63) is 70.8 Å². The van der Waals surface area contributed by atoms with E-state index in [4.69, 9.17) is 16.3 Å². The second-order valence-electron chi connectivity index (χ2n) is 5.18. The fourth-order valence-corrected chi connectivity index (χ4v) is 2.15. The van der Waals surface area contributed by atoms with Gasteiger partial charge in [-0.3, -0.25) is 20.4 Å². The van der Waals surface area contributed by atoms with Crippen molar-refractivity contribution in [1.82, 2.24) is 10.9 Å². The summed E-state index contributed by atoms with van der Waals surface area (Å²) in [6, 6.07) is 14.6. The van der Waals surface area contributed by atoms with Crippen molar-refractivity contribution in [3.8, 4) is 5.75 Å². The van der Waals surface area contributed by atoms with Crippen molar-refractivity contribution in [2.75, 3.05) is 6.61 Å². The molecule has 2 rings (SSSR count). The lowest BCUT2D eigenvalue weighted by Gasteiger charge is -2.08. The molecule has 5 nitrogen and oxygen atoms in total. The number of carbonyl (C=O) groups excluding carboxylic acids is 2. The van der Waals surface area contributed by atoms with E-state index in [9.17, 15) is 9.59 Å². The van der Waals surface area contributed by atoms with Gasteiger partial charge in [0.05, 0.1) is 0 Å². The summed E-state index contributed by atoms with van der Waals surface area (Å²) in [5.41, 5.74) is 6.46. The molecule has 2 aromatic carbocycles. The molecule has 0 aliphatic carbocycles. The summed E-state index contributed by atoms with van der Waals surface area (Å²) in [5, 5.41) is 0.540. The van der Waals surface area contributed by atoms with Crippen LogP contribution in [0, 0.1) is 0 Å². The molecule has 0 spiro atoms. The largest absolute Gasteiger partial charge is 0.484 e. The average molecular weight is 359 g/mol. The van der Waals surface area contributed by atoms with Gasteiger partial charge in [0.15, 0.2) is 6.61 Å². The highest BCUT2D eigenvalue weighted by Gasteiger charge is 2.04. The number of ether oxygens (including phenoxy) is 1.